The fraction of sp³-hybridized carbons (Fsp3) is 0.0588. The molecule has 122 valence electrons. The molecule has 2 aromatic carbocycles. The lowest BCUT2D eigenvalue weighted by atomic mass is 10.2. The van der Waals surface area contributed by atoms with Crippen LogP contribution in [0, 0.1) is 6.92 Å². The van der Waals surface area contributed by atoms with Crippen LogP contribution in [0.25, 0.3) is 0 Å². The van der Waals surface area contributed by atoms with Crippen LogP contribution < -0.4 is 10.6 Å². The number of amides is 1. The molecular formula is C17H14ClN3O2S. The van der Waals surface area contributed by atoms with Gasteiger partial charge < -0.3 is 15.7 Å². The first-order valence-corrected chi connectivity index (χ1v) is 8.31. The van der Waals surface area contributed by atoms with E-state index in [2.05, 4.69) is 15.6 Å². The lowest BCUT2D eigenvalue weighted by Gasteiger charge is -2.08. The van der Waals surface area contributed by atoms with Gasteiger partial charge in [-0.05, 0) is 42.8 Å². The van der Waals surface area contributed by atoms with Gasteiger partial charge in [-0.3, -0.25) is 4.79 Å². The molecule has 1 aromatic heterocycles. The van der Waals surface area contributed by atoms with Crippen LogP contribution >= 0.6 is 22.9 Å². The number of benzene rings is 2. The third-order valence-electron chi connectivity index (χ3n) is 3.31. The number of phenols is 1. The van der Waals surface area contributed by atoms with Crippen LogP contribution in [0.2, 0.25) is 5.02 Å². The number of rotatable bonds is 4. The van der Waals surface area contributed by atoms with Gasteiger partial charge in [-0.2, -0.15) is 0 Å². The van der Waals surface area contributed by atoms with Crippen LogP contribution in [0.15, 0.2) is 48.7 Å². The number of nitrogens with zero attached hydrogens (tertiary/aromatic N) is 1. The van der Waals surface area contributed by atoms with Gasteiger partial charge in [0.1, 0.15) is 10.6 Å². The molecule has 0 aliphatic carbocycles. The summed E-state index contributed by atoms with van der Waals surface area (Å²) in [6.07, 6.45) is 1.51. The number of carbonyl (C=O) groups excluding carboxylic acids is 1. The van der Waals surface area contributed by atoms with Crippen molar-refractivity contribution in [3.63, 3.8) is 0 Å². The Balaban J connectivity index is 1.73. The predicted molar refractivity (Wildman–Crippen MR) is 97.6 cm³/mol. The van der Waals surface area contributed by atoms with Crippen LogP contribution in [0.5, 0.6) is 5.75 Å². The molecule has 0 saturated carbocycles. The smallest absolute Gasteiger partial charge is 0.267 e. The Labute approximate surface area is 147 Å². The summed E-state index contributed by atoms with van der Waals surface area (Å²) in [5.74, 6) is -0.0719. The second kappa shape index (κ2) is 6.90. The van der Waals surface area contributed by atoms with E-state index in [1.54, 1.807) is 30.3 Å². The average molecular weight is 360 g/mol. The van der Waals surface area contributed by atoms with Gasteiger partial charge >= 0.3 is 0 Å². The number of thiazole rings is 1. The van der Waals surface area contributed by atoms with E-state index in [0.29, 0.717) is 20.7 Å². The molecule has 3 aromatic rings. The Bertz CT molecular complexity index is 858. The first kappa shape index (κ1) is 16.3. The van der Waals surface area contributed by atoms with E-state index in [4.69, 9.17) is 11.6 Å². The molecular weight excluding hydrogens is 346 g/mol. The Morgan fingerprint density at radius 3 is 2.67 bits per heavy atom. The van der Waals surface area contributed by atoms with Crippen molar-refractivity contribution in [1.29, 1.82) is 0 Å². The Kier molecular flexibility index (Phi) is 4.69. The maximum absolute atomic E-state index is 12.4. The van der Waals surface area contributed by atoms with Gasteiger partial charge in [-0.15, -0.1) is 0 Å². The number of carbonyl (C=O) groups is 1. The van der Waals surface area contributed by atoms with Crippen molar-refractivity contribution in [2.24, 2.45) is 0 Å². The van der Waals surface area contributed by atoms with E-state index in [1.807, 2.05) is 19.1 Å². The minimum atomic E-state index is -0.262. The van der Waals surface area contributed by atoms with E-state index < -0.39 is 0 Å². The van der Waals surface area contributed by atoms with Gasteiger partial charge in [0.25, 0.3) is 5.91 Å². The summed E-state index contributed by atoms with van der Waals surface area (Å²) < 4.78 is 0. The van der Waals surface area contributed by atoms with E-state index in [9.17, 15) is 9.90 Å². The first-order chi connectivity index (χ1) is 11.5. The van der Waals surface area contributed by atoms with Crippen molar-refractivity contribution >= 4 is 45.4 Å². The van der Waals surface area contributed by atoms with Crippen LogP contribution in [0.1, 0.15) is 15.2 Å². The first-order valence-electron chi connectivity index (χ1n) is 7.11. The van der Waals surface area contributed by atoms with Crippen LogP contribution in [-0.4, -0.2) is 16.0 Å². The van der Waals surface area contributed by atoms with Crippen LogP contribution in [0.3, 0.4) is 0 Å². The summed E-state index contributed by atoms with van der Waals surface area (Å²) in [5.41, 5.74) is 2.27. The predicted octanol–water partition coefficient (Wildman–Crippen LogP) is 4.81. The molecule has 0 saturated heterocycles. The Morgan fingerprint density at radius 1 is 1.21 bits per heavy atom. The highest BCUT2D eigenvalue weighted by Crippen LogP contribution is 2.28. The average Bonchev–Trinajstić information content (AvgIpc) is 3.02. The van der Waals surface area contributed by atoms with Gasteiger partial charge in [0.2, 0.25) is 0 Å². The third-order valence-corrected chi connectivity index (χ3v) is 4.54. The molecule has 0 aliphatic rings. The van der Waals surface area contributed by atoms with Gasteiger partial charge in [-0.1, -0.05) is 35.1 Å². The topological polar surface area (TPSA) is 74.2 Å². The number of nitrogens with one attached hydrogen (secondary N) is 2. The number of para-hydroxylation sites is 1. The molecule has 0 radical (unpaired) electrons. The molecule has 7 heteroatoms. The zero-order valence-corrected chi connectivity index (χ0v) is 14.3. The van der Waals surface area contributed by atoms with Crippen LogP contribution in [-0.2, 0) is 0 Å². The molecule has 24 heavy (non-hydrogen) atoms. The molecule has 0 atom stereocenters. The Hall–Kier alpha value is -2.57. The largest absolute Gasteiger partial charge is 0.508 e. The molecule has 0 bridgehead atoms. The zero-order chi connectivity index (χ0) is 17.1. The summed E-state index contributed by atoms with van der Waals surface area (Å²) in [6.45, 7) is 1.88. The number of anilines is 3. The fourth-order valence-corrected chi connectivity index (χ4v) is 3.07. The number of aromatic hydroxyl groups is 1. The number of halogens is 1. The second-order valence-electron chi connectivity index (χ2n) is 5.09. The monoisotopic (exact) mass is 359 g/mol. The van der Waals surface area contributed by atoms with Crippen LogP contribution in [0.4, 0.5) is 16.5 Å². The SMILES string of the molecule is Cc1cccc(Cl)c1NC(=O)c1cnc(Nc2ccc(O)cc2)s1. The van der Waals surface area contributed by atoms with Crippen molar-refractivity contribution < 1.29 is 9.90 Å². The molecule has 0 fully saturated rings. The zero-order valence-electron chi connectivity index (χ0n) is 12.7. The molecule has 0 unspecified atom stereocenters. The third kappa shape index (κ3) is 3.67. The van der Waals surface area contributed by atoms with Crippen molar-refractivity contribution in [2.45, 2.75) is 6.92 Å². The normalized spacial score (nSPS) is 10.4. The van der Waals surface area contributed by atoms with E-state index in [0.717, 1.165) is 11.3 Å². The minimum Gasteiger partial charge on any atom is -0.508 e. The van der Waals surface area contributed by atoms with Gasteiger partial charge in [0, 0.05) is 5.69 Å². The van der Waals surface area contributed by atoms with Gasteiger partial charge in [-0.25, -0.2) is 4.98 Å². The summed E-state index contributed by atoms with van der Waals surface area (Å²) in [6, 6.07) is 12.0. The maximum Gasteiger partial charge on any atom is 0.267 e. The number of aromatic nitrogens is 1. The quantitative estimate of drug-likeness (QED) is 0.584. The number of phenolic OH excluding ortho intramolecular Hbond substituents is 1. The maximum atomic E-state index is 12.4. The van der Waals surface area contributed by atoms with Gasteiger partial charge in [0.05, 0.1) is 16.9 Å². The summed E-state index contributed by atoms with van der Waals surface area (Å²) in [7, 11) is 0. The summed E-state index contributed by atoms with van der Waals surface area (Å²) >= 11 is 7.36. The van der Waals surface area contributed by atoms with E-state index in [1.165, 1.54) is 17.5 Å². The second-order valence-corrected chi connectivity index (χ2v) is 6.53. The fourth-order valence-electron chi connectivity index (χ4n) is 2.07. The van der Waals surface area contributed by atoms with E-state index >= 15 is 0 Å². The number of hydrogen-bond donors (Lipinski definition) is 3. The lowest BCUT2D eigenvalue weighted by Crippen LogP contribution is -2.11. The highest BCUT2D eigenvalue weighted by molar-refractivity contribution is 7.17. The molecule has 3 N–H and O–H groups in total. The summed E-state index contributed by atoms with van der Waals surface area (Å²) in [4.78, 5) is 17.0. The highest BCUT2D eigenvalue weighted by atomic mass is 35.5. The van der Waals surface area contributed by atoms with Gasteiger partial charge in [0.15, 0.2) is 5.13 Å². The van der Waals surface area contributed by atoms with Crippen molar-refractivity contribution in [3.05, 3.63) is 64.1 Å². The molecule has 0 spiro atoms. The van der Waals surface area contributed by atoms with E-state index in [-0.39, 0.29) is 11.7 Å². The van der Waals surface area contributed by atoms with Crippen molar-refractivity contribution in [2.75, 3.05) is 10.6 Å². The highest BCUT2D eigenvalue weighted by Gasteiger charge is 2.14. The molecule has 5 nitrogen and oxygen atoms in total. The molecule has 1 heterocycles. The van der Waals surface area contributed by atoms with Crippen molar-refractivity contribution in [1.82, 2.24) is 4.98 Å². The standard InChI is InChI=1S/C17H14ClN3O2S/c1-10-3-2-4-13(18)15(10)21-16(23)14-9-19-17(24-14)20-11-5-7-12(22)8-6-11/h2-9,22H,1H3,(H,19,20)(H,21,23). The summed E-state index contributed by atoms with van der Waals surface area (Å²) in [5, 5.41) is 16.3. The number of hydrogen-bond acceptors (Lipinski definition) is 5. The number of aryl methyl sites for hydroxylation is 1. The molecule has 3 rings (SSSR count). The Morgan fingerprint density at radius 2 is 1.96 bits per heavy atom. The van der Waals surface area contributed by atoms with Crippen molar-refractivity contribution in [3.8, 4) is 5.75 Å². The minimum absolute atomic E-state index is 0.190. The molecule has 0 aliphatic heterocycles. The molecule has 1 amide bonds. The lowest BCUT2D eigenvalue weighted by molar-refractivity contribution is 0.103.